The molecular weight excluding hydrogens is 723 g/mol. The van der Waals surface area contributed by atoms with Gasteiger partial charge in [0.25, 0.3) is 0 Å². The normalized spacial score (nSPS) is 19.1. The second-order valence-corrected chi connectivity index (χ2v) is 14.5. The number of amides is 2. The number of benzene rings is 5. The third-order valence-electron chi connectivity index (χ3n) is 10.4. The molecule has 0 aromatic heterocycles. The van der Waals surface area contributed by atoms with Gasteiger partial charge in [0.1, 0.15) is 11.8 Å². The van der Waals surface area contributed by atoms with Crippen LogP contribution in [0, 0.1) is 5.92 Å². The van der Waals surface area contributed by atoms with Crippen molar-refractivity contribution >= 4 is 12.0 Å². The van der Waals surface area contributed by atoms with Crippen LogP contribution in [0.4, 0.5) is 4.79 Å². The number of rotatable bonds is 15. The SMILES string of the molecule is COC(=O)[C@H](Cc1ccccc1)NC(=O)NCc1ccccc1-c1ccc([C@H]2O[C@@H](CN(C)C[C@@H](O)c3cccc(O)c3)[C@@H](C)[C@@H](c3ccc(CO)cc3)O2)cc1. The molecule has 11 heteroatoms. The first-order valence-corrected chi connectivity index (χ1v) is 19.1. The smallest absolute Gasteiger partial charge is 0.328 e. The average molecular weight is 774 g/mol. The van der Waals surface area contributed by atoms with E-state index in [9.17, 15) is 24.9 Å². The zero-order valence-corrected chi connectivity index (χ0v) is 32.5. The van der Waals surface area contributed by atoms with E-state index in [0.29, 0.717) is 25.1 Å². The first-order valence-electron chi connectivity index (χ1n) is 19.1. The topological polar surface area (TPSA) is 150 Å². The molecule has 6 atom stereocenters. The minimum Gasteiger partial charge on any atom is -0.508 e. The fourth-order valence-corrected chi connectivity index (χ4v) is 7.19. The van der Waals surface area contributed by atoms with Gasteiger partial charge >= 0.3 is 12.0 Å². The van der Waals surface area contributed by atoms with Crippen LogP contribution in [0.1, 0.15) is 58.8 Å². The van der Waals surface area contributed by atoms with Crippen LogP contribution < -0.4 is 10.6 Å². The molecule has 5 aromatic carbocycles. The number of aromatic hydroxyl groups is 1. The van der Waals surface area contributed by atoms with Crippen LogP contribution in [0.25, 0.3) is 11.1 Å². The summed E-state index contributed by atoms with van der Waals surface area (Å²) in [6.07, 6.45) is -1.76. The van der Waals surface area contributed by atoms with Crippen LogP contribution in [0.5, 0.6) is 5.75 Å². The van der Waals surface area contributed by atoms with E-state index in [-0.39, 0.29) is 37.0 Å². The predicted octanol–water partition coefficient (Wildman–Crippen LogP) is 6.59. The molecule has 1 heterocycles. The maximum Gasteiger partial charge on any atom is 0.328 e. The monoisotopic (exact) mass is 773 g/mol. The van der Waals surface area contributed by atoms with Crippen molar-refractivity contribution < 1.29 is 39.1 Å². The third kappa shape index (κ3) is 10.9. The molecule has 0 unspecified atom stereocenters. The highest BCUT2D eigenvalue weighted by Crippen LogP contribution is 2.42. The van der Waals surface area contributed by atoms with Crippen molar-refractivity contribution in [2.24, 2.45) is 5.92 Å². The molecule has 0 bridgehead atoms. The Kier molecular flexibility index (Phi) is 14.1. The van der Waals surface area contributed by atoms with Crippen molar-refractivity contribution in [3.8, 4) is 16.9 Å². The van der Waals surface area contributed by atoms with Gasteiger partial charge in [0.15, 0.2) is 6.29 Å². The van der Waals surface area contributed by atoms with E-state index in [1.54, 1.807) is 24.3 Å². The van der Waals surface area contributed by atoms with Gasteiger partial charge in [-0.05, 0) is 58.1 Å². The number of esters is 1. The Morgan fingerprint density at radius 1 is 0.842 bits per heavy atom. The van der Waals surface area contributed by atoms with E-state index in [1.807, 2.05) is 115 Å². The van der Waals surface area contributed by atoms with Gasteiger partial charge in [0.05, 0.1) is 32.0 Å². The molecule has 0 spiro atoms. The number of ether oxygens (including phenoxy) is 3. The minimum atomic E-state index is -0.844. The highest BCUT2D eigenvalue weighted by molar-refractivity contribution is 5.84. The van der Waals surface area contributed by atoms with Crippen molar-refractivity contribution in [3.05, 3.63) is 161 Å². The largest absolute Gasteiger partial charge is 0.508 e. The first-order chi connectivity index (χ1) is 27.6. The standard InChI is InChI=1S/C46H51N3O8/c1-30-42(28-49(2)27-41(52)36-13-9-14-38(51)25-36)56-45(57-43(30)34-18-16-32(29-50)17-19-34)35-22-20-33(21-23-35)39-15-8-7-12-37(39)26-47-46(54)48-40(44(53)55-3)24-31-10-5-4-6-11-31/h4-23,25,30,40-43,45,50-52H,24,26-29H2,1-3H3,(H2,47,48,54)/t30-,40+,41-,42+,43+,45+/m1/s1. The summed E-state index contributed by atoms with van der Waals surface area (Å²) in [5.41, 5.74) is 6.91. The summed E-state index contributed by atoms with van der Waals surface area (Å²) in [4.78, 5) is 27.5. The van der Waals surface area contributed by atoms with E-state index >= 15 is 0 Å². The fourth-order valence-electron chi connectivity index (χ4n) is 7.19. The van der Waals surface area contributed by atoms with E-state index < -0.39 is 30.4 Å². The average Bonchev–Trinajstić information content (AvgIpc) is 3.23. The van der Waals surface area contributed by atoms with Crippen LogP contribution in [0.2, 0.25) is 0 Å². The lowest BCUT2D eigenvalue weighted by Crippen LogP contribution is -2.47. The van der Waals surface area contributed by atoms with Gasteiger partial charge in [-0.25, -0.2) is 9.59 Å². The lowest BCUT2D eigenvalue weighted by molar-refractivity contribution is -0.276. The Balaban J connectivity index is 1.15. The number of urea groups is 1. The quantitative estimate of drug-likeness (QED) is 0.0743. The van der Waals surface area contributed by atoms with Gasteiger partial charge in [-0.15, -0.1) is 0 Å². The minimum absolute atomic E-state index is 0.0502. The van der Waals surface area contributed by atoms with E-state index in [4.69, 9.17) is 14.2 Å². The molecule has 57 heavy (non-hydrogen) atoms. The van der Waals surface area contributed by atoms with Gasteiger partial charge in [0.2, 0.25) is 0 Å². The van der Waals surface area contributed by atoms with Crippen LogP contribution in [-0.4, -0.2) is 71.6 Å². The lowest BCUT2D eigenvalue weighted by atomic mass is 9.90. The summed E-state index contributed by atoms with van der Waals surface area (Å²) in [6.45, 7) is 3.12. The summed E-state index contributed by atoms with van der Waals surface area (Å²) in [5.74, 6) is -0.478. The molecule has 0 saturated carbocycles. The first kappa shape index (κ1) is 41.1. The molecule has 0 aliphatic carbocycles. The van der Waals surface area contributed by atoms with Crippen molar-refractivity contribution in [1.82, 2.24) is 15.5 Å². The molecule has 1 saturated heterocycles. The van der Waals surface area contributed by atoms with E-state index in [1.165, 1.54) is 7.11 Å². The number of hydrogen-bond acceptors (Lipinski definition) is 9. The molecule has 1 fully saturated rings. The van der Waals surface area contributed by atoms with Crippen LogP contribution in [0.15, 0.2) is 127 Å². The summed E-state index contributed by atoms with van der Waals surface area (Å²) in [5, 5.41) is 36.2. The Morgan fingerprint density at radius 3 is 2.25 bits per heavy atom. The summed E-state index contributed by atoms with van der Waals surface area (Å²) in [6, 6.07) is 38.3. The second kappa shape index (κ2) is 19.5. The van der Waals surface area contributed by atoms with Crippen molar-refractivity contribution in [2.75, 3.05) is 27.2 Å². The van der Waals surface area contributed by atoms with Gasteiger partial charge < -0.3 is 45.1 Å². The molecule has 1 aliphatic rings. The van der Waals surface area contributed by atoms with Gasteiger partial charge in [-0.2, -0.15) is 0 Å². The number of nitrogens with zero attached hydrogens (tertiary/aromatic N) is 1. The fraction of sp³-hybridized carbons (Fsp3) is 0.304. The zero-order chi connectivity index (χ0) is 40.3. The Morgan fingerprint density at radius 2 is 1.54 bits per heavy atom. The highest BCUT2D eigenvalue weighted by Gasteiger charge is 2.39. The number of phenolic OH excluding ortho intramolecular Hbond substituents is 1. The Labute approximate surface area is 333 Å². The van der Waals surface area contributed by atoms with Gasteiger partial charge in [-0.1, -0.05) is 122 Å². The van der Waals surface area contributed by atoms with Crippen LogP contribution in [0.3, 0.4) is 0 Å². The molecule has 0 radical (unpaired) electrons. The summed E-state index contributed by atoms with van der Waals surface area (Å²) < 4.78 is 18.3. The Hall–Kier alpha value is -5.56. The molecule has 5 aromatic rings. The van der Waals surface area contributed by atoms with Gasteiger partial charge in [0, 0.05) is 37.5 Å². The lowest BCUT2D eigenvalue weighted by Gasteiger charge is -2.42. The number of hydrogen-bond donors (Lipinski definition) is 5. The Bertz CT molecular complexity index is 2060. The number of aliphatic hydroxyl groups excluding tert-OH is 2. The van der Waals surface area contributed by atoms with Crippen molar-refractivity contribution in [3.63, 3.8) is 0 Å². The maximum atomic E-state index is 13.0. The summed E-state index contributed by atoms with van der Waals surface area (Å²) in [7, 11) is 3.24. The van der Waals surface area contributed by atoms with Gasteiger partial charge in [-0.3, -0.25) is 0 Å². The van der Waals surface area contributed by atoms with Crippen LogP contribution >= 0.6 is 0 Å². The van der Waals surface area contributed by atoms with E-state index in [2.05, 4.69) is 17.6 Å². The molecular formula is C46H51N3O8. The molecule has 5 N–H and O–H groups in total. The number of likely N-dealkylation sites (N-methyl/N-ethyl adjacent to an activating group) is 1. The highest BCUT2D eigenvalue weighted by atomic mass is 16.7. The summed E-state index contributed by atoms with van der Waals surface area (Å²) >= 11 is 0. The number of methoxy groups -OCH3 is 1. The molecule has 11 nitrogen and oxygen atoms in total. The number of nitrogens with one attached hydrogen (secondary N) is 2. The number of aliphatic hydroxyl groups is 2. The van der Waals surface area contributed by atoms with Crippen LogP contribution in [-0.2, 0) is 38.6 Å². The zero-order valence-electron chi connectivity index (χ0n) is 32.5. The predicted molar refractivity (Wildman–Crippen MR) is 217 cm³/mol. The molecule has 6 rings (SSSR count). The molecule has 2 amide bonds. The maximum absolute atomic E-state index is 13.0. The molecule has 298 valence electrons. The van der Waals surface area contributed by atoms with E-state index in [0.717, 1.165) is 38.9 Å². The van der Waals surface area contributed by atoms with Crippen molar-refractivity contribution in [2.45, 2.75) is 57.1 Å². The second-order valence-electron chi connectivity index (χ2n) is 14.5. The number of carbonyl (C=O) groups excluding carboxylic acids is 2. The number of phenols is 1. The van der Waals surface area contributed by atoms with Crippen molar-refractivity contribution in [1.29, 1.82) is 0 Å². The third-order valence-corrected chi connectivity index (χ3v) is 10.4. The number of carbonyl (C=O) groups is 2. The molecule has 1 aliphatic heterocycles.